The van der Waals surface area contributed by atoms with Gasteiger partial charge in [-0.1, -0.05) is 22.9 Å². The zero-order chi connectivity index (χ0) is 9.64. The van der Waals surface area contributed by atoms with Gasteiger partial charge in [0.05, 0.1) is 6.10 Å². The fourth-order valence-electron chi connectivity index (χ4n) is 1.83. The second-order valence-corrected chi connectivity index (χ2v) is 5.57. The van der Waals surface area contributed by atoms with Gasteiger partial charge in [-0.3, -0.25) is 0 Å². The van der Waals surface area contributed by atoms with E-state index in [1.807, 2.05) is 13.8 Å². The quantitative estimate of drug-likeness (QED) is 0.667. The summed E-state index contributed by atoms with van der Waals surface area (Å²) < 4.78 is 17.0. The Balaban J connectivity index is 1.97. The predicted molar refractivity (Wildman–Crippen MR) is 51.7 cm³/mol. The molecule has 0 unspecified atom stereocenters. The summed E-state index contributed by atoms with van der Waals surface area (Å²) in [6.07, 6.45) is 1.08. The summed E-state index contributed by atoms with van der Waals surface area (Å²) >= 11 is 3.50. The van der Waals surface area contributed by atoms with Crippen LogP contribution in [0.25, 0.3) is 0 Å². The fourth-order valence-corrected chi connectivity index (χ4v) is 2.17. The molecule has 0 spiro atoms. The molecular weight excluding hydrogens is 236 g/mol. The lowest BCUT2D eigenvalue weighted by atomic mass is 10.1. The van der Waals surface area contributed by atoms with Crippen LogP contribution in [0.2, 0.25) is 0 Å². The molecule has 13 heavy (non-hydrogen) atoms. The van der Waals surface area contributed by atoms with Crippen LogP contribution in [0.15, 0.2) is 0 Å². The van der Waals surface area contributed by atoms with Crippen molar-refractivity contribution in [3.05, 3.63) is 0 Å². The molecule has 4 heteroatoms. The maximum absolute atomic E-state index is 5.69. The predicted octanol–water partition coefficient (Wildman–Crippen LogP) is 2.04. The lowest BCUT2D eigenvalue weighted by Crippen LogP contribution is -2.27. The van der Waals surface area contributed by atoms with Gasteiger partial charge in [-0.15, -0.1) is 0 Å². The first-order chi connectivity index (χ1) is 5.98. The van der Waals surface area contributed by atoms with E-state index in [2.05, 4.69) is 22.9 Å². The van der Waals surface area contributed by atoms with Crippen molar-refractivity contribution in [3.8, 4) is 0 Å². The third kappa shape index (κ3) is 1.91. The number of halogens is 1. The van der Waals surface area contributed by atoms with Crippen molar-refractivity contribution in [3.63, 3.8) is 0 Å². The molecule has 2 aliphatic heterocycles. The van der Waals surface area contributed by atoms with Crippen LogP contribution in [0.5, 0.6) is 0 Å². The lowest BCUT2D eigenvalue weighted by molar-refractivity contribution is -0.204. The monoisotopic (exact) mass is 250 g/mol. The molecule has 0 aliphatic carbocycles. The summed E-state index contributed by atoms with van der Waals surface area (Å²) in [5.74, 6) is -0.476. The molecule has 2 rings (SSSR count). The number of ether oxygens (including phenoxy) is 3. The third-order valence-corrected chi connectivity index (χ3v) is 3.01. The van der Waals surface area contributed by atoms with Crippen LogP contribution >= 0.6 is 15.9 Å². The number of alkyl halides is 1. The van der Waals surface area contributed by atoms with Gasteiger partial charge in [0.15, 0.2) is 12.1 Å². The highest BCUT2D eigenvalue weighted by Gasteiger charge is 2.49. The summed E-state index contributed by atoms with van der Waals surface area (Å²) in [6, 6.07) is 0. The molecule has 0 aromatic heterocycles. The molecule has 0 amide bonds. The van der Waals surface area contributed by atoms with Crippen molar-refractivity contribution in [2.24, 2.45) is 0 Å². The summed E-state index contributed by atoms with van der Waals surface area (Å²) in [7, 11) is 0. The van der Waals surface area contributed by atoms with Gasteiger partial charge in [0.1, 0.15) is 6.10 Å². The summed E-state index contributed by atoms with van der Waals surface area (Å²) in [5, 5.41) is 0. The molecule has 76 valence electrons. The van der Waals surface area contributed by atoms with Crippen LogP contribution in [0.3, 0.4) is 0 Å². The van der Waals surface area contributed by atoms with E-state index in [4.69, 9.17) is 14.2 Å². The highest BCUT2D eigenvalue weighted by molar-refractivity contribution is 9.09. The first kappa shape index (κ1) is 9.90. The van der Waals surface area contributed by atoms with Gasteiger partial charge in [0, 0.05) is 11.2 Å². The molecule has 2 fully saturated rings. The average Bonchev–Trinajstić information content (AvgIpc) is 2.39. The molecule has 0 aromatic carbocycles. The Morgan fingerprint density at radius 3 is 2.62 bits per heavy atom. The zero-order valence-electron chi connectivity index (χ0n) is 8.12. The van der Waals surface area contributed by atoms with Crippen LogP contribution < -0.4 is 0 Å². The third-order valence-electron chi connectivity index (χ3n) is 2.42. The summed E-state index contributed by atoms with van der Waals surface area (Å²) in [6.45, 7) is 5.92. The molecular formula is C9H15BrO3. The second-order valence-electron chi connectivity index (χ2n) is 4.13. The largest absolute Gasteiger partial charge is 0.345 e. The average molecular weight is 251 g/mol. The standard InChI is InChI=1S/C9H15BrO3/c1-5(10)6-4-7-8(11-6)13-9(2,3)12-7/h5-8H,4H2,1-3H3/t5-,6-,7+,8+/m0/s1. The Labute approximate surface area is 86.9 Å². The van der Waals surface area contributed by atoms with Gasteiger partial charge in [0.2, 0.25) is 0 Å². The molecule has 2 saturated heterocycles. The van der Waals surface area contributed by atoms with Crippen LogP contribution in [0, 0.1) is 0 Å². The summed E-state index contributed by atoms with van der Waals surface area (Å²) in [4.78, 5) is 0.355. The van der Waals surface area contributed by atoms with E-state index in [1.54, 1.807) is 0 Å². The van der Waals surface area contributed by atoms with Gasteiger partial charge < -0.3 is 14.2 Å². The molecule has 2 heterocycles. The van der Waals surface area contributed by atoms with Gasteiger partial charge in [-0.05, 0) is 13.8 Å². The Morgan fingerprint density at radius 2 is 2.08 bits per heavy atom. The van der Waals surface area contributed by atoms with E-state index in [0.717, 1.165) is 6.42 Å². The minimum atomic E-state index is -0.476. The topological polar surface area (TPSA) is 27.7 Å². The first-order valence-electron chi connectivity index (χ1n) is 4.63. The van der Waals surface area contributed by atoms with Crippen molar-refractivity contribution in [2.45, 2.75) is 56.3 Å². The van der Waals surface area contributed by atoms with Crippen molar-refractivity contribution >= 4 is 15.9 Å². The first-order valence-corrected chi connectivity index (χ1v) is 5.55. The molecule has 0 saturated carbocycles. The van der Waals surface area contributed by atoms with Crippen molar-refractivity contribution in [2.75, 3.05) is 0 Å². The normalized spacial score (nSPS) is 44.8. The van der Waals surface area contributed by atoms with E-state index in [-0.39, 0.29) is 18.5 Å². The van der Waals surface area contributed by atoms with Crippen LogP contribution in [-0.4, -0.2) is 29.1 Å². The maximum Gasteiger partial charge on any atom is 0.187 e. The van der Waals surface area contributed by atoms with Crippen molar-refractivity contribution in [1.82, 2.24) is 0 Å². The zero-order valence-corrected chi connectivity index (χ0v) is 9.71. The molecule has 0 aromatic rings. The Hall–Kier alpha value is 0.360. The van der Waals surface area contributed by atoms with Crippen molar-refractivity contribution in [1.29, 1.82) is 0 Å². The molecule has 0 N–H and O–H groups in total. The molecule has 0 radical (unpaired) electrons. The highest BCUT2D eigenvalue weighted by Crippen LogP contribution is 2.38. The minimum Gasteiger partial charge on any atom is -0.345 e. The van der Waals surface area contributed by atoms with E-state index in [0.29, 0.717) is 4.83 Å². The Bertz CT molecular complexity index is 189. The molecule has 2 aliphatic rings. The summed E-state index contributed by atoms with van der Waals surface area (Å²) in [5.41, 5.74) is 0. The van der Waals surface area contributed by atoms with E-state index >= 15 is 0 Å². The number of hydrogen-bond donors (Lipinski definition) is 0. The number of rotatable bonds is 1. The fraction of sp³-hybridized carbons (Fsp3) is 1.00. The second kappa shape index (κ2) is 3.19. The number of hydrogen-bond acceptors (Lipinski definition) is 3. The Morgan fingerprint density at radius 1 is 1.38 bits per heavy atom. The van der Waals surface area contributed by atoms with Crippen LogP contribution in [0.4, 0.5) is 0 Å². The maximum atomic E-state index is 5.69. The SMILES string of the molecule is C[C@H](Br)[C@@H]1C[C@H]2OC(C)(C)O[C@H]2O1. The lowest BCUT2D eigenvalue weighted by Gasteiger charge is -2.21. The van der Waals surface area contributed by atoms with E-state index in [9.17, 15) is 0 Å². The van der Waals surface area contributed by atoms with Gasteiger partial charge >= 0.3 is 0 Å². The smallest absolute Gasteiger partial charge is 0.187 e. The van der Waals surface area contributed by atoms with Crippen LogP contribution in [0.1, 0.15) is 27.2 Å². The van der Waals surface area contributed by atoms with Gasteiger partial charge in [0.25, 0.3) is 0 Å². The molecule has 0 bridgehead atoms. The van der Waals surface area contributed by atoms with Gasteiger partial charge in [-0.25, -0.2) is 0 Å². The van der Waals surface area contributed by atoms with Gasteiger partial charge in [-0.2, -0.15) is 0 Å². The van der Waals surface area contributed by atoms with Crippen LogP contribution in [-0.2, 0) is 14.2 Å². The Kier molecular flexibility index (Phi) is 2.43. The highest BCUT2D eigenvalue weighted by atomic mass is 79.9. The molecule has 4 atom stereocenters. The van der Waals surface area contributed by atoms with E-state index < -0.39 is 5.79 Å². The van der Waals surface area contributed by atoms with E-state index in [1.165, 1.54) is 0 Å². The minimum absolute atomic E-state index is 0.111. The number of fused-ring (bicyclic) bond motifs is 1. The molecule has 3 nitrogen and oxygen atoms in total. The van der Waals surface area contributed by atoms with Crippen molar-refractivity contribution < 1.29 is 14.2 Å².